The molecule has 1 aliphatic heterocycles. The maximum absolute atomic E-state index is 5.11. The Labute approximate surface area is 127 Å². The highest BCUT2D eigenvalue weighted by Gasteiger charge is 2.31. The summed E-state index contributed by atoms with van der Waals surface area (Å²) in [5, 5.41) is 16.4. The average Bonchev–Trinajstić information content (AvgIpc) is 3.05. The molecule has 1 aliphatic rings. The van der Waals surface area contributed by atoms with E-state index in [4.69, 9.17) is 4.52 Å². The predicted molar refractivity (Wildman–Crippen MR) is 79.5 cm³/mol. The van der Waals surface area contributed by atoms with E-state index in [2.05, 4.69) is 37.3 Å². The monoisotopic (exact) mass is 299 g/mol. The number of hydrogen-bond acceptors (Lipinski definition) is 7. The van der Waals surface area contributed by atoms with E-state index >= 15 is 0 Å². The van der Waals surface area contributed by atoms with Gasteiger partial charge in [0.2, 0.25) is 0 Å². The van der Waals surface area contributed by atoms with E-state index in [-0.39, 0.29) is 0 Å². The molecule has 1 saturated heterocycles. The van der Waals surface area contributed by atoms with Gasteiger partial charge in [-0.15, -0.1) is 15.3 Å². The van der Waals surface area contributed by atoms with Gasteiger partial charge in [-0.1, -0.05) is 5.16 Å². The maximum Gasteiger partial charge on any atom is 0.177 e. The Kier molecular flexibility index (Phi) is 3.04. The van der Waals surface area contributed by atoms with Gasteiger partial charge in [-0.05, 0) is 26.1 Å². The molecule has 0 saturated carbocycles. The minimum Gasteiger partial charge on any atom is -0.361 e. The number of hydrogen-bond donors (Lipinski definition) is 0. The van der Waals surface area contributed by atoms with Gasteiger partial charge in [0, 0.05) is 31.7 Å². The first-order valence-corrected chi connectivity index (χ1v) is 7.23. The standard InChI is InChI=1S/C14H17N7O/c1-10-5-11(18-22-10)6-19(2)12-7-20(8-12)14-4-3-13-16-15-9-21(13)17-14/h3-5,9,12H,6-8H2,1-2H3. The van der Waals surface area contributed by atoms with Gasteiger partial charge in [-0.25, -0.2) is 0 Å². The summed E-state index contributed by atoms with van der Waals surface area (Å²) in [4.78, 5) is 4.54. The van der Waals surface area contributed by atoms with Crippen LogP contribution < -0.4 is 4.90 Å². The molecule has 4 heterocycles. The van der Waals surface area contributed by atoms with Crippen molar-refractivity contribution in [1.82, 2.24) is 29.9 Å². The van der Waals surface area contributed by atoms with E-state index in [1.807, 2.05) is 25.1 Å². The number of likely N-dealkylation sites (N-methyl/N-ethyl adjacent to an activating group) is 1. The van der Waals surface area contributed by atoms with Gasteiger partial charge in [-0.3, -0.25) is 4.90 Å². The van der Waals surface area contributed by atoms with Crippen LogP contribution in [0.5, 0.6) is 0 Å². The summed E-state index contributed by atoms with van der Waals surface area (Å²) in [5.74, 6) is 1.80. The first-order chi connectivity index (χ1) is 10.7. The van der Waals surface area contributed by atoms with Gasteiger partial charge >= 0.3 is 0 Å². The van der Waals surface area contributed by atoms with Crippen LogP contribution in [0.2, 0.25) is 0 Å². The lowest BCUT2D eigenvalue weighted by Gasteiger charge is -2.44. The highest BCUT2D eigenvalue weighted by Crippen LogP contribution is 2.22. The zero-order valence-electron chi connectivity index (χ0n) is 12.5. The topological polar surface area (TPSA) is 75.6 Å². The third-order valence-corrected chi connectivity index (χ3v) is 4.05. The van der Waals surface area contributed by atoms with E-state index in [0.29, 0.717) is 6.04 Å². The predicted octanol–water partition coefficient (Wildman–Crippen LogP) is 0.741. The molecule has 1 fully saturated rings. The van der Waals surface area contributed by atoms with Crippen molar-refractivity contribution >= 4 is 11.5 Å². The largest absolute Gasteiger partial charge is 0.361 e. The first kappa shape index (κ1) is 13.2. The van der Waals surface area contributed by atoms with Gasteiger partial charge in [0.15, 0.2) is 5.65 Å². The summed E-state index contributed by atoms with van der Waals surface area (Å²) in [6.07, 6.45) is 1.62. The van der Waals surface area contributed by atoms with Crippen molar-refractivity contribution in [2.45, 2.75) is 19.5 Å². The highest BCUT2D eigenvalue weighted by atomic mass is 16.5. The zero-order valence-corrected chi connectivity index (χ0v) is 12.5. The van der Waals surface area contributed by atoms with Gasteiger partial charge in [-0.2, -0.15) is 4.52 Å². The molecule has 4 rings (SSSR count). The van der Waals surface area contributed by atoms with E-state index in [0.717, 1.165) is 42.6 Å². The van der Waals surface area contributed by atoms with E-state index in [9.17, 15) is 0 Å². The summed E-state index contributed by atoms with van der Waals surface area (Å²) in [6.45, 7) is 4.62. The Bertz CT molecular complexity index is 789. The summed E-state index contributed by atoms with van der Waals surface area (Å²) < 4.78 is 6.81. The van der Waals surface area contributed by atoms with Crippen molar-refractivity contribution in [2.24, 2.45) is 0 Å². The molecule has 3 aromatic rings. The third kappa shape index (κ3) is 2.31. The second-order valence-corrected chi connectivity index (χ2v) is 5.73. The van der Waals surface area contributed by atoms with Gasteiger partial charge < -0.3 is 9.42 Å². The Morgan fingerprint density at radius 3 is 3.00 bits per heavy atom. The molecule has 0 aliphatic carbocycles. The molecular weight excluding hydrogens is 282 g/mol. The van der Waals surface area contributed by atoms with Crippen LogP contribution >= 0.6 is 0 Å². The Balaban J connectivity index is 1.38. The van der Waals surface area contributed by atoms with Crippen molar-refractivity contribution in [3.63, 3.8) is 0 Å². The molecule has 0 amide bonds. The lowest BCUT2D eigenvalue weighted by molar-refractivity contribution is 0.191. The van der Waals surface area contributed by atoms with Crippen molar-refractivity contribution in [1.29, 1.82) is 0 Å². The van der Waals surface area contributed by atoms with Crippen LogP contribution in [0.4, 0.5) is 5.82 Å². The van der Waals surface area contributed by atoms with Crippen LogP contribution in [-0.4, -0.2) is 56.0 Å². The summed E-state index contributed by atoms with van der Waals surface area (Å²) in [5.41, 5.74) is 1.74. The maximum atomic E-state index is 5.11. The Hall–Kier alpha value is -2.48. The van der Waals surface area contributed by atoms with Crippen molar-refractivity contribution < 1.29 is 4.52 Å². The molecule has 3 aromatic heterocycles. The number of fused-ring (bicyclic) bond motifs is 1. The fourth-order valence-electron chi connectivity index (χ4n) is 2.69. The fraction of sp³-hybridized carbons (Fsp3) is 0.429. The summed E-state index contributed by atoms with van der Waals surface area (Å²) in [7, 11) is 2.11. The molecule has 0 radical (unpaired) electrons. The van der Waals surface area contributed by atoms with Gasteiger partial charge in [0.1, 0.15) is 17.9 Å². The second-order valence-electron chi connectivity index (χ2n) is 5.73. The van der Waals surface area contributed by atoms with Crippen LogP contribution in [0, 0.1) is 6.92 Å². The Morgan fingerprint density at radius 2 is 2.23 bits per heavy atom. The van der Waals surface area contributed by atoms with E-state index in [1.54, 1.807) is 10.8 Å². The average molecular weight is 299 g/mol. The van der Waals surface area contributed by atoms with Crippen LogP contribution in [0.1, 0.15) is 11.5 Å². The van der Waals surface area contributed by atoms with Crippen LogP contribution in [0.3, 0.4) is 0 Å². The normalized spacial score (nSPS) is 15.7. The van der Waals surface area contributed by atoms with Crippen LogP contribution in [-0.2, 0) is 6.54 Å². The minimum atomic E-state index is 0.496. The smallest absolute Gasteiger partial charge is 0.177 e. The fourth-order valence-corrected chi connectivity index (χ4v) is 2.69. The number of rotatable bonds is 4. The first-order valence-electron chi connectivity index (χ1n) is 7.23. The summed E-state index contributed by atoms with van der Waals surface area (Å²) in [6, 6.07) is 6.40. The molecule has 114 valence electrons. The molecule has 22 heavy (non-hydrogen) atoms. The lowest BCUT2D eigenvalue weighted by atomic mass is 10.1. The van der Waals surface area contributed by atoms with Gasteiger partial charge in [0.25, 0.3) is 0 Å². The molecule has 0 spiro atoms. The Morgan fingerprint density at radius 1 is 1.36 bits per heavy atom. The molecule has 0 aromatic carbocycles. The number of nitrogens with zero attached hydrogens (tertiary/aromatic N) is 7. The van der Waals surface area contributed by atoms with Crippen LogP contribution in [0.25, 0.3) is 5.65 Å². The lowest BCUT2D eigenvalue weighted by Crippen LogP contribution is -2.58. The van der Waals surface area contributed by atoms with Crippen molar-refractivity contribution in [2.75, 3.05) is 25.0 Å². The second kappa shape index (κ2) is 5.06. The molecule has 8 heteroatoms. The number of anilines is 1. The SMILES string of the molecule is Cc1cc(CN(C)C2CN(c3ccc4nncn4n3)C2)no1. The van der Waals surface area contributed by atoms with Crippen LogP contribution in [0.15, 0.2) is 29.0 Å². The molecule has 0 N–H and O–H groups in total. The summed E-state index contributed by atoms with van der Waals surface area (Å²) >= 11 is 0. The zero-order chi connectivity index (χ0) is 15.1. The van der Waals surface area contributed by atoms with Crippen molar-refractivity contribution in [3.8, 4) is 0 Å². The molecule has 0 atom stereocenters. The molecule has 0 bridgehead atoms. The van der Waals surface area contributed by atoms with E-state index in [1.165, 1.54) is 0 Å². The molecule has 8 nitrogen and oxygen atoms in total. The highest BCUT2D eigenvalue weighted by molar-refractivity contribution is 5.47. The number of aromatic nitrogens is 5. The third-order valence-electron chi connectivity index (χ3n) is 4.05. The minimum absolute atomic E-state index is 0.496. The van der Waals surface area contributed by atoms with Gasteiger partial charge in [0.05, 0.1) is 5.69 Å². The number of aryl methyl sites for hydroxylation is 1. The van der Waals surface area contributed by atoms with Crippen molar-refractivity contribution in [3.05, 3.63) is 36.0 Å². The quantitative estimate of drug-likeness (QED) is 0.703. The molecule has 0 unspecified atom stereocenters. The van der Waals surface area contributed by atoms with E-state index < -0.39 is 0 Å². The molecular formula is C14H17N7O.